The van der Waals surface area contributed by atoms with E-state index >= 15 is 0 Å². The molecule has 19 heavy (non-hydrogen) atoms. The molecule has 0 aliphatic heterocycles. The number of amides is 2. The summed E-state index contributed by atoms with van der Waals surface area (Å²) in [7, 11) is 1.73. The Morgan fingerprint density at radius 1 is 1.32 bits per heavy atom. The zero-order valence-electron chi connectivity index (χ0n) is 12.8. The molecular formula is C13H26N2O3S. The average Bonchev–Trinajstić information content (AvgIpc) is 2.29. The van der Waals surface area contributed by atoms with Gasteiger partial charge in [-0.1, -0.05) is 0 Å². The van der Waals surface area contributed by atoms with Crippen LogP contribution in [0.15, 0.2) is 0 Å². The number of nitrogens with zero attached hydrogens (tertiary/aromatic N) is 2. The molecule has 0 heterocycles. The van der Waals surface area contributed by atoms with E-state index in [1.54, 1.807) is 23.7 Å². The molecule has 0 fully saturated rings. The Balaban J connectivity index is 4.84. The van der Waals surface area contributed by atoms with E-state index in [1.165, 1.54) is 4.90 Å². The maximum atomic E-state index is 12.4. The number of carbonyl (C=O) groups excluding carboxylic acids is 1. The third kappa shape index (κ3) is 6.18. The molecule has 112 valence electrons. The second-order valence-electron chi connectivity index (χ2n) is 5.67. The minimum Gasteiger partial charge on any atom is -0.480 e. The van der Waals surface area contributed by atoms with Crippen LogP contribution in [0.5, 0.6) is 0 Å². The largest absolute Gasteiger partial charge is 0.480 e. The van der Waals surface area contributed by atoms with Gasteiger partial charge in [-0.2, -0.15) is 11.8 Å². The molecule has 2 amide bonds. The molecule has 0 aromatic rings. The summed E-state index contributed by atoms with van der Waals surface area (Å²) in [6, 6.07) is -0.137. The van der Waals surface area contributed by atoms with Crippen LogP contribution in [-0.4, -0.2) is 64.1 Å². The van der Waals surface area contributed by atoms with E-state index in [0.29, 0.717) is 0 Å². The number of rotatable bonds is 6. The summed E-state index contributed by atoms with van der Waals surface area (Å²) in [5.74, 6) is -0.0128. The van der Waals surface area contributed by atoms with Gasteiger partial charge in [0.25, 0.3) is 0 Å². The maximum absolute atomic E-state index is 12.4. The maximum Gasteiger partial charge on any atom is 0.323 e. The van der Waals surface area contributed by atoms with Gasteiger partial charge in [-0.15, -0.1) is 0 Å². The van der Waals surface area contributed by atoms with Crippen molar-refractivity contribution in [2.75, 3.05) is 25.6 Å². The zero-order chi connectivity index (χ0) is 15.2. The van der Waals surface area contributed by atoms with Gasteiger partial charge in [0.15, 0.2) is 0 Å². The molecule has 1 N–H and O–H groups in total. The Morgan fingerprint density at radius 3 is 2.21 bits per heavy atom. The number of carboxylic acid groups (broad SMARTS) is 1. The molecule has 0 bridgehead atoms. The van der Waals surface area contributed by atoms with Gasteiger partial charge in [-0.25, -0.2) is 4.79 Å². The molecule has 1 atom stereocenters. The van der Waals surface area contributed by atoms with Crippen molar-refractivity contribution >= 4 is 23.8 Å². The second-order valence-corrected chi connectivity index (χ2v) is 6.66. The summed E-state index contributed by atoms with van der Waals surface area (Å²) < 4.78 is 0. The van der Waals surface area contributed by atoms with E-state index in [2.05, 4.69) is 0 Å². The van der Waals surface area contributed by atoms with Crippen LogP contribution in [-0.2, 0) is 4.79 Å². The molecule has 0 radical (unpaired) electrons. The fourth-order valence-electron chi connectivity index (χ4n) is 1.59. The van der Waals surface area contributed by atoms with Crippen molar-refractivity contribution in [2.45, 2.75) is 45.7 Å². The zero-order valence-corrected chi connectivity index (χ0v) is 13.6. The highest BCUT2D eigenvalue weighted by molar-refractivity contribution is 7.98. The standard InChI is InChI=1S/C13H26N2O3S/c1-10(7-8-19-6)14(5)12(18)15(9-11(16)17)13(2,3)4/h10H,7-9H2,1-6H3,(H,16,17). The van der Waals surface area contributed by atoms with Crippen LogP contribution in [0.2, 0.25) is 0 Å². The highest BCUT2D eigenvalue weighted by Crippen LogP contribution is 2.17. The summed E-state index contributed by atoms with van der Waals surface area (Å²) in [6.07, 6.45) is 2.93. The highest BCUT2D eigenvalue weighted by Gasteiger charge is 2.31. The molecule has 0 aliphatic carbocycles. The van der Waals surface area contributed by atoms with Crippen molar-refractivity contribution < 1.29 is 14.7 Å². The number of carboxylic acids is 1. The predicted molar refractivity (Wildman–Crippen MR) is 79.7 cm³/mol. The lowest BCUT2D eigenvalue weighted by atomic mass is 10.1. The molecule has 5 nitrogen and oxygen atoms in total. The minimum absolute atomic E-state index is 0.0959. The van der Waals surface area contributed by atoms with E-state index in [9.17, 15) is 9.59 Å². The molecule has 0 aromatic heterocycles. The van der Waals surface area contributed by atoms with Crippen molar-refractivity contribution in [2.24, 2.45) is 0 Å². The SMILES string of the molecule is CSCCC(C)N(C)C(=O)N(CC(=O)O)C(C)(C)C. The minimum atomic E-state index is -0.992. The first-order valence-corrected chi connectivity index (χ1v) is 7.75. The smallest absolute Gasteiger partial charge is 0.323 e. The highest BCUT2D eigenvalue weighted by atomic mass is 32.2. The van der Waals surface area contributed by atoms with Gasteiger partial charge >= 0.3 is 12.0 Å². The number of thioether (sulfide) groups is 1. The fourth-order valence-corrected chi connectivity index (χ4v) is 2.16. The summed E-state index contributed by atoms with van der Waals surface area (Å²) in [6.45, 7) is 7.23. The first-order chi connectivity index (χ1) is 8.61. The molecule has 0 rings (SSSR count). The summed E-state index contributed by atoms with van der Waals surface area (Å²) in [5, 5.41) is 8.94. The normalized spacial score (nSPS) is 12.9. The molecule has 0 saturated heterocycles. The van der Waals surface area contributed by atoms with Crippen LogP contribution in [0.3, 0.4) is 0 Å². The Labute approximate surface area is 120 Å². The molecular weight excluding hydrogens is 264 g/mol. The van der Waals surface area contributed by atoms with Gasteiger partial charge in [-0.3, -0.25) is 4.79 Å². The Morgan fingerprint density at radius 2 is 1.84 bits per heavy atom. The van der Waals surface area contributed by atoms with Crippen LogP contribution in [0, 0.1) is 0 Å². The van der Waals surface area contributed by atoms with E-state index in [0.717, 1.165) is 12.2 Å². The molecule has 0 saturated carbocycles. The third-order valence-electron chi connectivity index (χ3n) is 3.04. The van der Waals surface area contributed by atoms with Gasteiger partial charge in [0, 0.05) is 18.6 Å². The summed E-state index contributed by atoms with van der Waals surface area (Å²) >= 11 is 1.74. The third-order valence-corrected chi connectivity index (χ3v) is 3.68. The van der Waals surface area contributed by atoms with Crippen LogP contribution < -0.4 is 0 Å². The number of aliphatic carboxylic acids is 1. The number of hydrogen-bond donors (Lipinski definition) is 1. The van der Waals surface area contributed by atoms with Gasteiger partial charge in [0.1, 0.15) is 6.54 Å². The lowest BCUT2D eigenvalue weighted by Crippen LogP contribution is -2.54. The van der Waals surface area contributed by atoms with Crippen molar-refractivity contribution in [1.82, 2.24) is 9.80 Å². The average molecular weight is 290 g/mol. The number of urea groups is 1. The lowest BCUT2D eigenvalue weighted by Gasteiger charge is -2.39. The van der Waals surface area contributed by atoms with Crippen LogP contribution in [0.25, 0.3) is 0 Å². The van der Waals surface area contributed by atoms with Crippen molar-refractivity contribution in [3.8, 4) is 0 Å². The van der Waals surface area contributed by atoms with E-state index in [-0.39, 0.29) is 18.6 Å². The summed E-state index contributed by atoms with van der Waals surface area (Å²) in [5.41, 5.74) is -0.511. The van der Waals surface area contributed by atoms with Crippen molar-refractivity contribution in [3.63, 3.8) is 0 Å². The van der Waals surface area contributed by atoms with E-state index in [1.807, 2.05) is 34.0 Å². The van der Waals surface area contributed by atoms with Crippen molar-refractivity contribution in [1.29, 1.82) is 0 Å². The van der Waals surface area contributed by atoms with Gasteiger partial charge in [0.2, 0.25) is 0 Å². The van der Waals surface area contributed by atoms with E-state index in [4.69, 9.17) is 5.11 Å². The topological polar surface area (TPSA) is 60.9 Å². The molecule has 6 heteroatoms. The quantitative estimate of drug-likeness (QED) is 0.816. The number of carbonyl (C=O) groups is 2. The lowest BCUT2D eigenvalue weighted by molar-refractivity contribution is -0.138. The second kappa shape index (κ2) is 7.62. The molecule has 0 spiro atoms. The van der Waals surface area contributed by atoms with Crippen LogP contribution in [0.4, 0.5) is 4.79 Å². The van der Waals surface area contributed by atoms with Gasteiger partial charge in [-0.05, 0) is 46.1 Å². The van der Waals surface area contributed by atoms with Crippen LogP contribution in [0.1, 0.15) is 34.1 Å². The molecule has 0 aromatic carbocycles. The Hall–Kier alpha value is -0.910. The van der Waals surface area contributed by atoms with E-state index < -0.39 is 11.5 Å². The Kier molecular flexibility index (Phi) is 7.26. The van der Waals surface area contributed by atoms with Gasteiger partial charge < -0.3 is 14.9 Å². The fraction of sp³-hybridized carbons (Fsp3) is 0.846. The summed E-state index contributed by atoms with van der Waals surface area (Å²) in [4.78, 5) is 26.3. The first-order valence-electron chi connectivity index (χ1n) is 6.36. The number of hydrogen-bond acceptors (Lipinski definition) is 3. The Bertz CT molecular complexity index is 316. The van der Waals surface area contributed by atoms with Crippen LogP contribution >= 0.6 is 11.8 Å². The van der Waals surface area contributed by atoms with Gasteiger partial charge in [0.05, 0.1) is 0 Å². The monoisotopic (exact) mass is 290 g/mol. The predicted octanol–water partition coefficient (Wildman–Crippen LogP) is 2.36. The first kappa shape index (κ1) is 18.1. The molecule has 0 aliphatic rings. The van der Waals surface area contributed by atoms with Crippen molar-refractivity contribution in [3.05, 3.63) is 0 Å². The molecule has 1 unspecified atom stereocenters.